The predicted octanol–water partition coefficient (Wildman–Crippen LogP) is 5.65. The van der Waals surface area contributed by atoms with E-state index in [0.29, 0.717) is 5.92 Å². The topological polar surface area (TPSA) is 32.3 Å². The van der Waals surface area contributed by atoms with E-state index in [0.717, 1.165) is 32.4 Å². The Hall–Kier alpha value is -2.36. The van der Waals surface area contributed by atoms with Gasteiger partial charge in [-0.2, -0.15) is 0 Å². The number of carbonyl (C=O) groups excluding carboxylic acids is 1. The first kappa shape index (κ1) is 23.3. The third kappa shape index (κ3) is 4.94. The molecule has 164 valence electrons. The Kier molecular flexibility index (Phi) is 7.74. The van der Waals surface area contributed by atoms with Gasteiger partial charge in [-0.3, -0.25) is 4.79 Å². The second-order valence-electron chi connectivity index (χ2n) is 8.78. The highest BCUT2D eigenvalue weighted by Gasteiger charge is 2.28. The molecule has 1 N–H and O–H groups in total. The summed E-state index contributed by atoms with van der Waals surface area (Å²) in [5.74, 6) is 0.749. The van der Waals surface area contributed by atoms with Gasteiger partial charge in [0.25, 0.3) is 0 Å². The van der Waals surface area contributed by atoms with Crippen molar-refractivity contribution in [1.29, 1.82) is 0 Å². The summed E-state index contributed by atoms with van der Waals surface area (Å²) in [7, 11) is 1.90. The minimum absolute atomic E-state index is 0. The largest absolute Gasteiger partial charge is 0.341 e. The first-order valence-electron chi connectivity index (χ1n) is 11.1. The lowest BCUT2D eigenvalue weighted by molar-refractivity contribution is -0.134. The monoisotopic (exact) mass is 436 g/mol. The molecule has 4 heteroatoms. The van der Waals surface area contributed by atoms with Crippen molar-refractivity contribution in [1.82, 2.24) is 10.2 Å². The SMILES string of the molecule is CN[C@@H](CC(C)C)C(=O)N1CCC(=C2c3ccccc3C=Cc3ccccc32)CC1.Cl. The fourth-order valence-corrected chi connectivity index (χ4v) is 4.73. The first-order chi connectivity index (χ1) is 14.6. The van der Waals surface area contributed by atoms with E-state index in [9.17, 15) is 4.79 Å². The zero-order valence-corrected chi connectivity index (χ0v) is 19.5. The quantitative estimate of drug-likeness (QED) is 0.573. The molecule has 0 unspecified atom stereocenters. The summed E-state index contributed by atoms with van der Waals surface area (Å²) in [5.41, 5.74) is 7.98. The average molecular weight is 437 g/mol. The number of halogens is 1. The van der Waals surface area contributed by atoms with Crippen LogP contribution in [0.25, 0.3) is 17.7 Å². The number of benzene rings is 2. The average Bonchev–Trinajstić information content (AvgIpc) is 2.94. The van der Waals surface area contributed by atoms with Crippen molar-refractivity contribution in [3.63, 3.8) is 0 Å². The van der Waals surface area contributed by atoms with Crippen LogP contribution in [0.4, 0.5) is 0 Å². The fourth-order valence-electron chi connectivity index (χ4n) is 4.73. The molecule has 2 aliphatic rings. The number of nitrogens with one attached hydrogen (secondary N) is 1. The van der Waals surface area contributed by atoms with Gasteiger partial charge in [-0.15, -0.1) is 12.4 Å². The van der Waals surface area contributed by atoms with Gasteiger partial charge in [0.2, 0.25) is 5.91 Å². The zero-order valence-electron chi connectivity index (χ0n) is 18.7. The summed E-state index contributed by atoms with van der Waals surface area (Å²) in [4.78, 5) is 15.1. The van der Waals surface area contributed by atoms with Crippen molar-refractivity contribution in [2.24, 2.45) is 5.92 Å². The summed E-state index contributed by atoms with van der Waals surface area (Å²) >= 11 is 0. The molecule has 1 amide bonds. The second-order valence-corrected chi connectivity index (χ2v) is 8.78. The van der Waals surface area contributed by atoms with Crippen molar-refractivity contribution < 1.29 is 4.79 Å². The smallest absolute Gasteiger partial charge is 0.239 e. The molecule has 1 heterocycles. The molecular formula is C27H33ClN2O. The number of nitrogens with zero attached hydrogens (tertiary/aromatic N) is 1. The molecule has 4 rings (SSSR count). The molecule has 1 aliphatic carbocycles. The molecule has 0 saturated carbocycles. The van der Waals surface area contributed by atoms with E-state index < -0.39 is 0 Å². The van der Waals surface area contributed by atoms with Gasteiger partial charge in [0, 0.05) is 13.1 Å². The molecule has 1 aliphatic heterocycles. The van der Waals surface area contributed by atoms with E-state index in [1.807, 2.05) is 7.05 Å². The van der Waals surface area contributed by atoms with Gasteiger partial charge in [0.15, 0.2) is 0 Å². The lowest BCUT2D eigenvalue weighted by Crippen LogP contribution is -2.48. The van der Waals surface area contributed by atoms with Crippen LogP contribution in [0.15, 0.2) is 54.1 Å². The summed E-state index contributed by atoms with van der Waals surface area (Å²) in [6.45, 7) is 5.94. The summed E-state index contributed by atoms with van der Waals surface area (Å²) in [6, 6.07) is 17.3. The van der Waals surface area contributed by atoms with Gasteiger partial charge < -0.3 is 10.2 Å². The molecule has 1 atom stereocenters. The van der Waals surface area contributed by atoms with Crippen molar-refractivity contribution in [2.45, 2.75) is 39.2 Å². The van der Waals surface area contributed by atoms with Crippen molar-refractivity contribution in [3.05, 3.63) is 76.4 Å². The third-order valence-electron chi connectivity index (χ3n) is 6.29. The van der Waals surface area contributed by atoms with Crippen LogP contribution in [0, 0.1) is 5.92 Å². The van der Waals surface area contributed by atoms with E-state index >= 15 is 0 Å². The van der Waals surface area contributed by atoms with E-state index in [1.165, 1.54) is 33.4 Å². The fraction of sp³-hybridized carbons (Fsp3) is 0.370. The van der Waals surface area contributed by atoms with Gasteiger partial charge in [0.1, 0.15) is 0 Å². The minimum atomic E-state index is -0.0808. The van der Waals surface area contributed by atoms with Gasteiger partial charge >= 0.3 is 0 Å². The molecule has 0 aromatic heterocycles. The van der Waals surface area contributed by atoms with E-state index in [4.69, 9.17) is 0 Å². The summed E-state index contributed by atoms with van der Waals surface area (Å²) < 4.78 is 0. The van der Waals surface area contributed by atoms with Crippen LogP contribution in [-0.4, -0.2) is 37.0 Å². The normalized spacial score (nSPS) is 16.3. The van der Waals surface area contributed by atoms with Gasteiger partial charge in [-0.1, -0.05) is 80.1 Å². The maximum atomic E-state index is 13.0. The molecule has 2 aromatic rings. The molecular weight excluding hydrogens is 404 g/mol. The lowest BCUT2D eigenvalue weighted by Gasteiger charge is -2.33. The van der Waals surface area contributed by atoms with Crippen molar-refractivity contribution in [2.75, 3.05) is 20.1 Å². The van der Waals surface area contributed by atoms with Gasteiger partial charge in [-0.25, -0.2) is 0 Å². The van der Waals surface area contributed by atoms with Crippen molar-refractivity contribution >= 4 is 36.0 Å². The lowest BCUT2D eigenvalue weighted by atomic mass is 9.86. The number of likely N-dealkylation sites (tertiary alicyclic amines) is 1. The van der Waals surface area contributed by atoms with E-state index in [2.05, 4.69) is 84.7 Å². The minimum Gasteiger partial charge on any atom is -0.341 e. The van der Waals surface area contributed by atoms with Crippen LogP contribution < -0.4 is 5.32 Å². The molecule has 3 nitrogen and oxygen atoms in total. The number of amides is 1. The highest BCUT2D eigenvalue weighted by molar-refractivity contribution is 5.95. The molecule has 0 spiro atoms. The Labute approximate surface area is 192 Å². The van der Waals surface area contributed by atoms with Crippen LogP contribution >= 0.6 is 12.4 Å². The van der Waals surface area contributed by atoms with Crippen LogP contribution in [0.1, 0.15) is 55.4 Å². The Balaban J connectivity index is 0.00000272. The Morgan fingerprint density at radius 3 is 1.94 bits per heavy atom. The molecule has 1 fully saturated rings. The summed E-state index contributed by atoms with van der Waals surface area (Å²) in [5, 5.41) is 3.23. The number of hydrogen-bond donors (Lipinski definition) is 1. The number of fused-ring (bicyclic) bond motifs is 2. The molecule has 1 saturated heterocycles. The third-order valence-corrected chi connectivity index (χ3v) is 6.29. The highest BCUT2D eigenvalue weighted by atomic mass is 35.5. The van der Waals surface area contributed by atoms with Crippen LogP contribution in [-0.2, 0) is 4.79 Å². The maximum absolute atomic E-state index is 13.0. The van der Waals surface area contributed by atoms with Crippen LogP contribution in [0.2, 0.25) is 0 Å². The highest BCUT2D eigenvalue weighted by Crippen LogP contribution is 2.38. The van der Waals surface area contributed by atoms with Crippen LogP contribution in [0.5, 0.6) is 0 Å². The number of carbonyl (C=O) groups is 1. The van der Waals surface area contributed by atoms with E-state index in [1.54, 1.807) is 0 Å². The van der Waals surface area contributed by atoms with Crippen LogP contribution in [0.3, 0.4) is 0 Å². The molecule has 0 radical (unpaired) electrons. The number of rotatable bonds is 4. The Morgan fingerprint density at radius 1 is 0.935 bits per heavy atom. The number of hydrogen-bond acceptors (Lipinski definition) is 2. The zero-order chi connectivity index (χ0) is 21.1. The Morgan fingerprint density at radius 2 is 1.45 bits per heavy atom. The molecule has 31 heavy (non-hydrogen) atoms. The van der Waals surface area contributed by atoms with E-state index in [-0.39, 0.29) is 24.4 Å². The standard InChI is InChI=1S/C27H32N2O.ClH/c1-19(2)18-25(28-3)27(30)29-16-14-22(15-17-29)26-23-10-6-4-8-20(23)12-13-21-9-5-7-11-24(21)26;/h4-13,19,25,28H,14-18H2,1-3H3;1H/t25-;/m0./s1. The predicted molar refractivity (Wildman–Crippen MR) is 133 cm³/mol. The van der Waals surface area contributed by atoms with Gasteiger partial charge in [-0.05, 0) is 60.1 Å². The maximum Gasteiger partial charge on any atom is 0.239 e. The first-order valence-corrected chi connectivity index (χ1v) is 11.1. The number of likely N-dealkylation sites (N-methyl/N-ethyl adjacent to an activating group) is 1. The summed E-state index contributed by atoms with van der Waals surface area (Å²) in [6.07, 6.45) is 7.20. The molecule has 0 bridgehead atoms. The Bertz CT molecular complexity index is 931. The molecule has 2 aromatic carbocycles. The van der Waals surface area contributed by atoms with Crippen molar-refractivity contribution in [3.8, 4) is 0 Å². The van der Waals surface area contributed by atoms with Gasteiger partial charge in [0.05, 0.1) is 6.04 Å². The second kappa shape index (κ2) is 10.3. The number of piperidine rings is 1.